The maximum absolute atomic E-state index is 13.2. The van der Waals surface area contributed by atoms with E-state index in [-0.39, 0.29) is 11.7 Å². The molecule has 6 nitrogen and oxygen atoms in total. The van der Waals surface area contributed by atoms with Crippen LogP contribution in [-0.4, -0.2) is 25.5 Å². The van der Waals surface area contributed by atoms with E-state index in [9.17, 15) is 9.18 Å². The van der Waals surface area contributed by atoms with E-state index in [0.29, 0.717) is 16.6 Å². The molecular formula is C21H18FN5OS. The second-order valence-electron chi connectivity index (χ2n) is 6.56. The summed E-state index contributed by atoms with van der Waals surface area (Å²) in [5.41, 5.74) is 3.14. The lowest BCUT2D eigenvalue weighted by Crippen LogP contribution is -2.19. The lowest BCUT2D eigenvalue weighted by atomic mass is 10.1. The van der Waals surface area contributed by atoms with E-state index in [0.717, 1.165) is 17.0 Å². The third kappa shape index (κ3) is 4.12. The highest BCUT2D eigenvalue weighted by Gasteiger charge is 2.25. The van der Waals surface area contributed by atoms with Crippen LogP contribution in [0.4, 0.5) is 10.1 Å². The highest BCUT2D eigenvalue weighted by atomic mass is 32.2. The van der Waals surface area contributed by atoms with Crippen molar-refractivity contribution in [2.24, 2.45) is 0 Å². The Morgan fingerprint density at radius 3 is 2.52 bits per heavy atom. The number of halogens is 1. The Morgan fingerprint density at radius 2 is 1.79 bits per heavy atom. The highest BCUT2D eigenvalue weighted by molar-refractivity contribution is 8.00. The number of rotatable bonds is 5. The summed E-state index contributed by atoms with van der Waals surface area (Å²) in [5.74, 6) is -0.0942. The topological polar surface area (TPSA) is 72.2 Å². The van der Waals surface area contributed by atoms with Gasteiger partial charge in [0.25, 0.3) is 5.78 Å². The minimum Gasteiger partial charge on any atom is -0.325 e. The van der Waals surface area contributed by atoms with Gasteiger partial charge in [0.05, 0.1) is 0 Å². The first kappa shape index (κ1) is 19.1. The van der Waals surface area contributed by atoms with Crippen LogP contribution in [0.25, 0.3) is 5.78 Å². The fraction of sp³-hybridized carbons (Fsp3) is 0.143. The summed E-state index contributed by atoms with van der Waals surface area (Å²) in [6.07, 6.45) is 0. The number of anilines is 1. The SMILES string of the molecule is Cc1cc(C)n2c(S[C@@H](C(=O)Nc3ccc(F)cc3)c3ccccc3)nnc2n1. The number of nitrogens with one attached hydrogen (secondary N) is 1. The number of amides is 1. The normalized spacial score (nSPS) is 12.1. The number of hydrogen-bond donors (Lipinski definition) is 1. The minimum absolute atomic E-state index is 0.234. The molecule has 0 aliphatic carbocycles. The maximum atomic E-state index is 13.2. The predicted molar refractivity (Wildman–Crippen MR) is 110 cm³/mol. The Labute approximate surface area is 171 Å². The Hall–Kier alpha value is -3.26. The van der Waals surface area contributed by atoms with E-state index in [1.54, 1.807) is 0 Å². The number of carbonyl (C=O) groups is 1. The lowest BCUT2D eigenvalue weighted by Gasteiger charge is -2.16. The molecule has 1 amide bonds. The predicted octanol–water partition coefficient (Wildman–Crippen LogP) is 4.35. The van der Waals surface area contributed by atoms with Crippen molar-refractivity contribution in [1.29, 1.82) is 0 Å². The van der Waals surface area contributed by atoms with Crippen molar-refractivity contribution in [3.8, 4) is 0 Å². The molecule has 0 radical (unpaired) electrons. The lowest BCUT2D eigenvalue weighted by molar-refractivity contribution is -0.115. The quantitative estimate of drug-likeness (QED) is 0.498. The zero-order chi connectivity index (χ0) is 20.4. The van der Waals surface area contributed by atoms with Gasteiger partial charge in [0.2, 0.25) is 5.91 Å². The van der Waals surface area contributed by atoms with E-state index >= 15 is 0 Å². The molecular weight excluding hydrogens is 389 g/mol. The van der Waals surface area contributed by atoms with Crippen molar-refractivity contribution in [3.05, 3.63) is 83.4 Å². The molecule has 1 N–H and O–H groups in total. The van der Waals surface area contributed by atoms with E-state index < -0.39 is 5.25 Å². The molecule has 29 heavy (non-hydrogen) atoms. The molecule has 4 aromatic rings. The zero-order valence-electron chi connectivity index (χ0n) is 15.8. The smallest absolute Gasteiger partial charge is 0.256 e. The largest absolute Gasteiger partial charge is 0.325 e. The van der Waals surface area contributed by atoms with E-state index in [2.05, 4.69) is 20.5 Å². The van der Waals surface area contributed by atoms with Gasteiger partial charge in [-0.3, -0.25) is 9.20 Å². The summed E-state index contributed by atoms with van der Waals surface area (Å²) < 4.78 is 15.0. The number of benzene rings is 2. The summed E-state index contributed by atoms with van der Waals surface area (Å²) in [5, 5.41) is 11.2. The second kappa shape index (κ2) is 8.00. The van der Waals surface area contributed by atoms with Crippen LogP contribution in [0.15, 0.2) is 65.8 Å². The van der Waals surface area contributed by atoms with Gasteiger partial charge in [0, 0.05) is 17.1 Å². The van der Waals surface area contributed by atoms with E-state index in [4.69, 9.17) is 0 Å². The average Bonchev–Trinajstić information content (AvgIpc) is 3.11. The van der Waals surface area contributed by atoms with Gasteiger partial charge >= 0.3 is 0 Å². The maximum Gasteiger partial charge on any atom is 0.256 e. The molecule has 146 valence electrons. The number of nitrogens with zero attached hydrogens (tertiary/aromatic N) is 4. The minimum atomic E-state index is -0.575. The molecule has 2 heterocycles. The molecule has 8 heteroatoms. The van der Waals surface area contributed by atoms with Crippen molar-refractivity contribution in [2.75, 3.05) is 5.32 Å². The third-order valence-electron chi connectivity index (χ3n) is 4.34. The molecule has 0 spiro atoms. The molecule has 2 aromatic heterocycles. The van der Waals surface area contributed by atoms with Gasteiger partial charge in [-0.25, -0.2) is 9.37 Å². The average molecular weight is 407 g/mol. The number of aryl methyl sites for hydroxylation is 2. The van der Waals surface area contributed by atoms with Crippen molar-refractivity contribution in [2.45, 2.75) is 24.3 Å². The van der Waals surface area contributed by atoms with Crippen LogP contribution in [-0.2, 0) is 4.79 Å². The van der Waals surface area contributed by atoms with Crippen molar-refractivity contribution >= 4 is 29.1 Å². The molecule has 0 saturated heterocycles. The molecule has 0 fully saturated rings. The standard InChI is InChI=1S/C21H18FN5OS/c1-13-12-14(2)27-20(23-13)25-26-21(27)29-18(15-6-4-3-5-7-15)19(28)24-17-10-8-16(22)9-11-17/h3-12,18H,1-2H3,(H,24,28)/t18-/m1/s1. The summed E-state index contributed by atoms with van der Waals surface area (Å²) in [6, 6.07) is 17.1. The number of aromatic nitrogens is 4. The molecule has 0 aliphatic rings. The van der Waals surface area contributed by atoms with Gasteiger partial charge < -0.3 is 5.32 Å². The molecule has 0 saturated carbocycles. The van der Waals surface area contributed by atoms with E-state index in [1.165, 1.54) is 36.0 Å². The first-order chi connectivity index (χ1) is 14.0. The van der Waals surface area contributed by atoms with Crippen molar-refractivity contribution in [3.63, 3.8) is 0 Å². The van der Waals surface area contributed by atoms with Crippen molar-refractivity contribution < 1.29 is 9.18 Å². The van der Waals surface area contributed by atoms with Crippen LogP contribution in [0, 0.1) is 19.7 Å². The Balaban J connectivity index is 1.68. The molecule has 4 rings (SSSR count). The van der Waals surface area contributed by atoms with Gasteiger partial charge in [-0.2, -0.15) is 0 Å². The van der Waals surface area contributed by atoms with Crippen LogP contribution in [0.5, 0.6) is 0 Å². The van der Waals surface area contributed by atoms with Crippen LogP contribution in [0.2, 0.25) is 0 Å². The summed E-state index contributed by atoms with van der Waals surface area (Å²) in [4.78, 5) is 17.5. The molecule has 0 aliphatic heterocycles. The Morgan fingerprint density at radius 1 is 1.07 bits per heavy atom. The fourth-order valence-corrected chi connectivity index (χ4v) is 4.11. The van der Waals surface area contributed by atoms with E-state index in [1.807, 2.05) is 54.6 Å². The Kier molecular flexibility index (Phi) is 5.26. The van der Waals surface area contributed by atoms with Crippen LogP contribution in [0.1, 0.15) is 22.2 Å². The first-order valence-electron chi connectivity index (χ1n) is 8.98. The molecule has 0 bridgehead atoms. The van der Waals surface area contributed by atoms with Gasteiger partial charge in [-0.1, -0.05) is 42.1 Å². The molecule has 1 atom stereocenters. The van der Waals surface area contributed by atoms with Crippen LogP contribution in [0.3, 0.4) is 0 Å². The van der Waals surface area contributed by atoms with Gasteiger partial charge in [0.1, 0.15) is 11.1 Å². The monoisotopic (exact) mass is 407 g/mol. The number of fused-ring (bicyclic) bond motifs is 1. The fourth-order valence-electron chi connectivity index (χ4n) is 3.02. The zero-order valence-corrected chi connectivity index (χ0v) is 16.7. The number of carbonyl (C=O) groups excluding carboxylic acids is 1. The number of thioether (sulfide) groups is 1. The number of hydrogen-bond acceptors (Lipinski definition) is 5. The van der Waals surface area contributed by atoms with Crippen LogP contribution >= 0.6 is 11.8 Å². The first-order valence-corrected chi connectivity index (χ1v) is 9.86. The Bertz CT molecular complexity index is 1160. The molecule has 0 unspecified atom stereocenters. The van der Waals surface area contributed by atoms with Gasteiger partial charge in [-0.15, -0.1) is 10.2 Å². The second-order valence-corrected chi connectivity index (χ2v) is 7.63. The summed E-state index contributed by atoms with van der Waals surface area (Å²) in [7, 11) is 0. The van der Waals surface area contributed by atoms with Crippen LogP contribution < -0.4 is 5.32 Å². The summed E-state index contributed by atoms with van der Waals surface area (Å²) in [6.45, 7) is 3.85. The summed E-state index contributed by atoms with van der Waals surface area (Å²) >= 11 is 1.29. The molecule has 2 aromatic carbocycles. The third-order valence-corrected chi connectivity index (χ3v) is 5.54. The van der Waals surface area contributed by atoms with Crippen molar-refractivity contribution in [1.82, 2.24) is 19.6 Å². The highest BCUT2D eigenvalue weighted by Crippen LogP contribution is 2.35. The van der Waals surface area contributed by atoms with Gasteiger partial charge in [-0.05, 0) is 49.7 Å². The van der Waals surface area contributed by atoms with Gasteiger partial charge in [0.15, 0.2) is 5.16 Å².